The van der Waals surface area contributed by atoms with Crippen LogP contribution in [0.4, 0.5) is 13.2 Å². The molecule has 0 spiro atoms. The van der Waals surface area contributed by atoms with E-state index in [-0.39, 0.29) is 17.3 Å². The van der Waals surface area contributed by atoms with Crippen molar-refractivity contribution in [3.63, 3.8) is 0 Å². The number of fused-ring (bicyclic) bond motifs is 1. The van der Waals surface area contributed by atoms with Crippen molar-refractivity contribution in [3.05, 3.63) is 53.1 Å². The van der Waals surface area contributed by atoms with Gasteiger partial charge in [0.15, 0.2) is 0 Å². The van der Waals surface area contributed by atoms with Gasteiger partial charge in [-0.05, 0) is 49.1 Å². The van der Waals surface area contributed by atoms with E-state index in [1.54, 1.807) is 18.2 Å². The number of nitrogens with one attached hydrogen (secondary N) is 2. The molecule has 0 saturated carbocycles. The molecule has 1 amide bonds. The fourth-order valence-electron chi connectivity index (χ4n) is 3.79. The molecule has 146 valence electrons. The summed E-state index contributed by atoms with van der Waals surface area (Å²) in [6.07, 6.45) is -2.89. The van der Waals surface area contributed by atoms with Crippen LogP contribution in [-0.2, 0) is 6.18 Å². The first-order chi connectivity index (χ1) is 13.3. The number of amides is 1. The largest absolute Gasteiger partial charge is 0.416 e. The van der Waals surface area contributed by atoms with Crippen LogP contribution in [-0.4, -0.2) is 29.0 Å². The van der Waals surface area contributed by atoms with Crippen LogP contribution in [0.15, 0.2) is 36.4 Å². The predicted molar refractivity (Wildman–Crippen MR) is 99.9 cm³/mol. The number of primary amides is 1. The van der Waals surface area contributed by atoms with Gasteiger partial charge in [-0.25, -0.2) is 4.98 Å². The van der Waals surface area contributed by atoms with Crippen molar-refractivity contribution in [1.82, 2.24) is 15.3 Å². The van der Waals surface area contributed by atoms with E-state index in [1.807, 2.05) is 0 Å². The summed E-state index contributed by atoms with van der Waals surface area (Å²) in [5, 5.41) is 3.16. The number of alkyl halides is 3. The second kappa shape index (κ2) is 6.94. The lowest BCUT2D eigenvalue weighted by Crippen LogP contribution is -2.29. The molecule has 1 saturated heterocycles. The molecular weight excluding hydrogens is 369 g/mol. The van der Waals surface area contributed by atoms with Crippen molar-refractivity contribution in [3.8, 4) is 11.4 Å². The molecule has 1 aromatic heterocycles. The second-order valence-electron chi connectivity index (χ2n) is 6.99. The summed E-state index contributed by atoms with van der Waals surface area (Å²) in [7, 11) is 0. The molecule has 1 atom stereocenters. The van der Waals surface area contributed by atoms with Crippen LogP contribution >= 0.6 is 0 Å². The number of H-pyrrole nitrogens is 1. The number of para-hydroxylation sites is 1. The number of nitrogens with two attached hydrogens (primary N) is 1. The van der Waals surface area contributed by atoms with E-state index in [0.717, 1.165) is 25.5 Å². The molecule has 0 bridgehead atoms. The lowest BCUT2D eigenvalue weighted by atomic mass is 9.87. The highest BCUT2D eigenvalue weighted by Crippen LogP contribution is 2.39. The van der Waals surface area contributed by atoms with Gasteiger partial charge in [0.2, 0.25) is 0 Å². The summed E-state index contributed by atoms with van der Waals surface area (Å²) in [5.74, 6) is -0.543. The van der Waals surface area contributed by atoms with Crippen LogP contribution in [0, 0.1) is 0 Å². The topological polar surface area (TPSA) is 83.8 Å². The molecule has 1 unspecified atom stereocenters. The summed E-state index contributed by atoms with van der Waals surface area (Å²) >= 11 is 0. The molecule has 2 heterocycles. The van der Waals surface area contributed by atoms with Crippen molar-refractivity contribution in [2.24, 2.45) is 5.73 Å². The molecule has 1 aliphatic heterocycles. The maximum absolute atomic E-state index is 13.8. The van der Waals surface area contributed by atoms with Crippen molar-refractivity contribution in [2.45, 2.75) is 24.9 Å². The Labute approximate surface area is 159 Å². The third kappa shape index (κ3) is 3.35. The van der Waals surface area contributed by atoms with E-state index in [1.165, 1.54) is 12.1 Å². The Balaban J connectivity index is 1.81. The maximum Gasteiger partial charge on any atom is 0.416 e. The Hall–Kier alpha value is -2.87. The molecular formula is C20H19F3N4O. The third-order valence-corrected chi connectivity index (χ3v) is 5.15. The van der Waals surface area contributed by atoms with Gasteiger partial charge in [-0.2, -0.15) is 13.2 Å². The summed E-state index contributed by atoms with van der Waals surface area (Å²) in [5.41, 5.74) is 6.45. The second-order valence-corrected chi connectivity index (χ2v) is 6.99. The number of halogens is 3. The first-order valence-electron chi connectivity index (χ1n) is 9.05. The minimum Gasteiger partial charge on any atom is -0.366 e. The first-order valence-corrected chi connectivity index (χ1v) is 9.05. The van der Waals surface area contributed by atoms with Gasteiger partial charge in [-0.15, -0.1) is 0 Å². The lowest BCUT2D eigenvalue weighted by Gasteiger charge is -2.26. The van der Waals surface area contributed by atoms with Gasteiger partial charge in [-0.1, -0.05) is 18.2 Å². The highest BCUT2D eigenvalue weighted by Gasteiger charge is 2.36. The summed E-state index contributed by atoms with van der Waals surface area (Å²) < 4.78 is 41.3. The van der Waals surface area contributed by atoms with Crippen LogP contribution in [0.2, 0.25) is 0 Å². The number of carbonyl (C=O) groups is 1. The average Bonchev–Trinajstić information content (AvgIpc) is 3.11. The van der Waals surface area contributed by atoms with Gasteiger partial charge < -0.3 is 16.0 Å². The van der Waals surface area contributed by atoms with Crippen LogP contribution in [0.3, 0.4) is 0 Å². The quantitative estimate of drug-likeness (QED) is 0.638. The zero-order valence-electron chi connectivity index (χ0n) is 14.9. The molecule has 28 heavy (non-hydrogen) atoms. The van der Waals surface area contributed by atoms with E-state index >= 15 is 0 Å². The minimum atomic E-state index is -4.47. The fraction of sp³-hybridized carbons (Fsp3) is 0.300. The molecule has 0 radical (unpaired) electrons. The molecule has 2 aromatic carbocycles. The van der Waals surface area contributed by atoms with Gasteiger partial charge in [0.25, 0.3) is 5.91 Å². The van der Waals surface area contributed by atoms with Crippen molar-refractivity contribution in [2.75, 3.05) is 13.1 Å². The number of hydrogen-bond acceptors (Lipinski definition) is 3. The molecule has 8 heteroatoms. The number of imidazole rings is 1. The zero-order chi connectivity index (χ0) is 19.9. The molecule has 3 aromatic rings. The first kappa shape index (κ1) is 18.5. The van der Waals surface area contributed by atoms with E-state index in [9.17, 15) is 18.0 Å². The highest BCUT2D eigenvalue weighted by molar-refractivity contribution is 6.04. The van der Waals surface area contributed by atoms with Gasteiger partial charge in [-0.3, -0.25) is 4.79 Å². The third-order valence-electron chi connectivity index (χ3n) is 5.15. The Morgan fingerprint density at radius 3 is 2.71 bits per heavy atom. The number of carbonyl (C=O) groups excluding carboxylic acids is 1. The van der Waals surface area contributed by atoms with Crippen LogP contribution in [0.1, 0.15) is 40.2 Å². The van der Waals surface area contributed by atoms with Crippen LogP contribution in [0.25, 0.3) is 22.4 Å². The van der Waals surface area contributed by atoms with Gasteiger partial charge >= 0.3 is 6.18 Å². The molecule has 4 N–H and O–H groups in total. The Bertz CT molecular complexity index is 1040. The monoisotopic (exact) mass is 388 g/mol. The highest BCUT2D eigenvalue weighted by atomic mass is 19.4. The Kier molecular flexibility index (Phi) is 4.58. The van der Waals surface area contributed by atoms with Crippen LogP contribution in [0.5, 0.6) is 0 Å². The van der Waals surface area contributed by atoms with E-state index in [0.29, 0.717) is 28.7 Å². The number of aromatic amines is 1. The van der Waals surface area contributed by atoms with E-state index in [2.05, 4.69) is 15.3 Å². The van der Waals surface area contributed by atoms with Crippen LogP contribution < -0.4 is 11.1 Å². The lowest BCUT2D eigenvalue weighted by molar-refractivity contribution is -0.138. The van der Waals surface area contributed by atoms with Crippen molar-refractivity contribution >= 4 is 16.9 Å². The smallest absolute Gasteiger partial charge is 0.366 e. The minimum absolute atomic E-state index is 0.170. The van der Waals surface area contributed by atoms with Crippen molar-refractivity contribution < 1.29 is 18.0 Å². The average molecular weight is 388 g/mol. The van der Waals surface area contributed by atoms with Gasteiger partial charge in [0.1, 0.15) is 11.3 Å². The number of rotatable bonds is 3. The van der Waals surface area contributed by atoms with Crippen molar-refractivity contribution in [1.29, 1.82) is 0 Å². The van der Waals surface area contributed by atoms with Gasteiger partial charge in [0.05, 0.1) is 16.6 Å². The van der Waals surface area contributed by atoms with E-state index < -0.39 is 17.6 Å². The molecule has 5 nitrogen and oxygen atoms in total. The molecule has 4 rings (SSSR count). The molecule has 1 fully saturated rings. The molecule has 0 aliphatic carbocycles. The number of hydrogen-bond donors (Lipinski definition) is 3. The van der Waals surface area contributed by atoms with E-state index in [4.69, 9.17) is 5.73 Å². The number of benzene rings is 2. The Morgan fingerprint density at radius 2 is 2.04 bits per heavy atom. The number of piperidine rings is 1. The van der Waals surface area contributed by atoms with Gasteiger partial charge in [0, 0.05) is 12.1 Å². The summed E-state index contributed by atoms with van der Waals surface area (Å²) in [4.78, 5) is 18.9. The maximum atomic E-state index is 13.8. The predicted octanol–water partition coefficient (Wildman–Crippen LogP) is 3.81. The standard InChI is InChI=1S/C20H19F3N4O/c21-20(22,23)15-9-11(6-7-13(15)12-3-2-8-25-10-12)19-26-16-5-1-4-14(18(24)28)17(16)27-19/h1,4-7,9,12,25H,2-3,8,10H2,(H2,24,28)(H,26,27). The molecule has 1 aliphatic rings. The fourth-order valence-corrected chi connectivity index (χ4v) is 3.79. The number of aromatic nitrogens is 2. The zero-order valence-corrected chi connectivity index (χ0v) is 14.9. The summed E-state index contributed by atoms with van der Waals surface area (Å²) in [6.45, 7) is 1.37. The number of nitrogens with zero attached hydrogens (tertiary/aromatic N) is 1. The Morgan fingerprint density at radius 1 is 1.21 bits per heavy atom. The normalized spacial score (nSPS) is 17.8. The SMILES string of the molecule is NC(=O)c1cccc2[nH]c(-c3ccc(C4CCCNC4)c(C(F)(F)F)c3)nc12. The summed E-state index contributed by atoms with van der Waals surface area (Å²) in [6, 6.07) is 9.19.